The maximum Gasteiger partial charge on any atom is 0.409 e. The minimum atomic E-state index is -0.240. The number of hydrogen-bond donors (Lipinski definition) is 1. The predicted molar refractivity (Wildman–Crippen MR) is 142 cm³/mol. The lowest BCUT2D eigenvalue weighted by atomic mass is 10.0. The van der Waals surface area contributed by atoms with Crippen LogP contribution >= 0.6 is 0 Å². The van der Waals surface area contributed by atoms with Gasteiger partial charge in [0.05, 0.1) is 11.0 Å². The molecule has 0 aliphatic carbocycles. The molecule has 4 aromatic rings. The van der Waals surface area contributed by atoms with Crippen LogP contribution in [0.4, 0.5) is 10.7 Å². The number of carbonyl (C=O) groups excluding carboxylic acids is 1. The highest BCUT2D eigenvalue weighted by Crippen LogP contribution is 2.30. The van der Waals surface area contributed by atoms with Crippen molar-refractivity contribution < 1.29 is 9.53 Å². The van der Waals surface area contributed by atoms with Crippen LogP contribution in [-0.4, -0.2) is 51.7 Å². The third-order valence-electron chi connectivity index (χ3n) is 6.84. The van der Waals surface area contributed by atoms with Gasteiger partial charge in [0.15, 0.2) is 0 Å². The molecule has 0 unspecified atom stereocenters. The van der Waals surface area contributed by atoms with Crippen molar-refractivity contribution in [3.63, 3.8) is 0 Å². The van der Waals surface area contributed by atoms with Crippen LogP contribution in [0, 0.1) is 0 Å². The number of nitrogen functional groups attached to an aromatic ring is 1. The highest BCUT2D eigenvalue weighted by Gasteiger charge is 2.27. The van der Waals surface area contributed by atoms with Crippen LogP contribution in [-0.2, 0) is 17.8 Å². The smallest absolute Gasteiger partial charge is 0.409 e. The second kappa shape index (κ2) is 11.3. The molecule has 1 saturated heterocycles. The molecule has 36 heavy (non-hydrogen) atoms. The summed E-state index contributed by atoms with van der Waals surface area (Å²) in [7, 11) is 0. The summed E-state index contributed by atoms with van der Waals surface area (Å²) in [5.74, 6) is 0.536. The number of imidazole rings is 1. The lowest BCUT2D eigenvalue weighted by Crippen LogP contribution is -2.40. The van der Waals surface area contributed by atoms with Gasteiger partial charge in [0.2, 0.25) is 5.95 Å². The number of rotatable bonds is 8. The van der Waals surface area contributed by atoms with Crippen LogP contribution < -0.4 is 5.73 Å². The van der Waals surface area contributed by atoms with Gasteiger partial charge in [-0.15, -0.1) is 0 Å². The fourth-order valence-corrected chi connectivity index (χ4v) is 5.00. The van der Waals surface area contributed by atoms with Gasteiger partial charge in [-0.2, -0.15) is 0 Å². The quantitative estimate of drug-likeness (QED) is 0.378. The first-order chi connectivity index (χ1) is 17.7. The van der Waals surface area contributed by atoms with Gasteiger partial charge < -0.3 is 19.9 Å². The second-order valence-electron chi connectivity index (χ2n) is 9.34. The molecule has 0 radical (unpaired) electrons. The van der Waals surface area contributed by atoms with Gasteiger partial charge in [-0.3, -0.25) is 4.90 Å². The lowest BCUT2D eigenvalue weighted by Gasteiger charge is -2.32. The van der Waals surface area contributed by atoms with Gasteiger partial charge in [-0.25, -0.2) is 9.78 Å². The molecule has 1 amide bonds. The topological polar surface area (TPSA) is 76.6 Å². The van der Waals surface area contributed by atoms with Crippen molar-refractivity contribution in [1.82, 2.24) is 19.4 Å². The largest absolute Gasteiger partial charge is 0.448 e. The number of hydrogen-bond acceptors (Lipinski definition) is 5. The summed E-state index contributed by atoms with van der Waals surface area (Å²) in [4.78, 5) is 21.4. The van der Waals surface area contributed by atoms with Crippen molar-refractivity contribution in [2.45, 2.75) is 32.0 Å². The monoisotopic (exact) mass is 483 g/mol. The van der Waals surface area contributed by atoms with E-state index in [0.29, 0.717) is 32.2 Å². The fourth-order valence-electron chi connectivity index (χ4n) is 5.00. The Labute approximate surface area is 212 Å². The first-order valence-corrected chi connectivity index (χ1v) is 12.6. The van der Waals surface area contributed by atoms with Gasteiger partial charge in [0, 0.05) is 38.8 Å². The molecule has 5 rings (SSSR count). The van der Waals surface area contributed by atoms with Crippen LogP contribution in [0.5, 0.6) is 0 Å². The Kier molecular flexibility index (Phi) is 7.47. The molecule has 2 heterocycles. The predicted octanol–water partition coefficient (Wildman–Crippen LogP) is 5.09. The van der Waals surface area contributed by atoms with E-state index in [1.807, 2.05) is 35.2 Å². The summed E-state index contributed by atoms with van der Waals surface area (Å²) in [5.41, 5.74) is 10.7. The lowest BCUT2D eigenvalue weighted by molar-refractivity contribution is 0.0773. The Bertz CT molecular complexity index is 1230. The average Bonchev–Trinajstić information content (AvgIpc) is 3.25. The Morgan fingerprint density at radius 3 is 2.11 bits per heavy atom. The molecule has 3 aromatic carbocycles. The Morgan fingerprint density at radius 2 is 1.47 bits per heavy atom. The van der Waals surface area contributed by atoms with Crippen LogP contribution in [0.2, 0.25) is 0 Å². The van der Waals surface area contributed by atoms with Crippen LogP contribution in [0.25, 0.3) is 11.0 Å². The SMILES string of the molecule is Nc1nc2ccccc2n1C1CCN(C(=O)OCCN(Cc2ccccc2)Cc2ccccc2)CC1. The van der Waals surface area contributed by atoms with Gasteiger partial charge in [0.25, 0.3) is 0 Å². The van der Waals surface area contributed by atoms with E-state index in [9.17, 15) is 4.79 Å². The number of benzene rings is 3. The normalized spacial score (nSPS) is 14.4. The molecule has 7 heteroatoms. The van der Waals surface area contributed by atoms with Crippen LogP contribution in [0.1, 0.15) is 30.0 Å². The van der Waals surface area contributed by atoms with Crippen molar-refractivity contribution in [1.29, 1.82) is 0 Å². The minimum absolute atomic E-state index is 0.230. The molecule has 0 atom stereocenters. The Balaban J connectivity index is 1.14. The summed E-state index contributed by atoms with van der Waals surface area (Å²) in [6, 6.07) is 29.0. The maximum absolute atomic E-state index is 12.8. The van der Waals surface area contributed by atoms with E-state index < -0.39 is 0 Å². The second-order valence-corrected chi connectivity index (χ2v) is 9.34. The average molecular weight is 484 g/mol. The zero-order valence-corrected chi connectivity index (χ0v) is 20.5. The third kappa shape index (κ3) is 5.69. The third-order valence-corrected chi connectivity index (χ3v) is 6.84. The van der Waals surface area contributed by atoms with Crippen molar-refractivity contribution in [3.05, 3.63) is 96.1 Å². The van der Waals surface area contributed by atoms with Gasteiger partial charge in [-0.1, -0.05) is 72.8 Å². The highest BCUT2D eigenvalue weighted by molar-refractivity contribution is 5.78. The number of nitrogens with zero attached hydrogens (tertiary/aromatic N) is 4. The van der Waals surface area contributed by atoms with E-state index in [2.05, 4.69) is 69.0 Å². The van der Waals surface area contributed by atoms with E-state index in [0.717, 1.165) is 37.0 Å². The molecule has 1 aromatic heterocycles. The molecule has 1 fully saturated rings. The minimum Gasteiger partial charge on any atom is -0.448 e. The molecule has 2 N–H and O–H groups in total. The zero-order valence-electron chi connectivity index (χ0n) is 20.5. The number of ether oxygens (including phenoxy) is 1. The molecule has 186 valence electrons. The number of carbonyl (C=O) groups is 1. The number of likely N-dealkylation sites (tertiary alicyclic amines) is 1. The van der Waals surface area contributed by atoms with Crippen molar-refractivity contribution >= 4 is 23.1 Å². The van der Waals surface area contributed by atoms with Crippen LogP contribution in [0.15, 0.2) is 84.9 Å². The molecule has 0 saturated carbocycles. The molecule has 7 nitrogen and oxygen atoms in total. The Morgan fingerprint density at radius 1 is 0.889 bits per heavy atom. The number of nitrogens with two attached hydrogens (primary N) is 1. The number of piperidine rings is 1. The van der Waals surface area contributed by atoms with E-state index >= 15 is 0 Å². The van der Waals surface area contributed by atoms with E-state index in [-0.39, 0.29) is 12.1 Å². The molecule has 0 spiro atoms. The standard InChI is InChI=1S/C29H33N5O2/c30-28-31-26-13-7-8-14-27(26)34(28)25-15-17-33(18-16-25)29(35)36-20-19-32(21-23-9-3-1-4-10-23)22-24-11-5-2-6-12-24/h1-14,25H,15-22H2,(H2,30,31). The van der Waals surface area contributed by atoms with E-state index in [1.165, 1.54) is 11.1 Å². The Hall–Kier alpha value is -3.84. The summed E-state index contributed by atoms with van der Waals surface area (Å²) >= 11 is 0. The number of amides is 1. The van der Waals surface area contributed by atoms with Crippen LogP contribution in [0.3, 0.4) is 0 Å². The zero-order chi connectivity index (χ0) is 24.7. The first kappa shape index (κ1) is 23.9. The van der Waals surface area contributed by atoms with E-state index in [1.54, 1.807) is 0 Å². The fraction of sp³-hybridized carbons (Fsp3) is 0.310. The van der Waals surface area contributed by atoms with Crippen molar-refractivity contribution in [2.24, 2.45) is 0 Å². The van der Waals surface area contributed by atoms with E-state index in [4.69, 9.17) is 10.5 Å². The molecule has 0 bridgehead atoms. The maximum atomic E-state index is 12.8. The summed E-state index contributed by atoms with van der Waals surface area (Å²) in [6.07, 6.45) is 1.41. The molecule has 1 aliphatic heterocycles. The van der Waals surface area contributed by atoms with Gasteiger partial charge in [0.1, 0.15) is 6.61 Å². The summed E-state index contributed by atoms with van der Waals surface area (Å²) in [5, 5.41) is 0. The summed E-state index contributed by atoms with van der Waals surface area (Å²) < 4.78 is 7.82. The van der Waals surface area contributed by atoms with Crippen molar-refractivity contribution in [2.75, 3.05) is 32.0 Å². The number of para-hydroxylation sites is 2. The van der Waals surface area contributed by atoms with Crippen molar-refractivity contribution in [3.8, 4) is 0 Å². The molecular formula is C29H33N5O2. The molecule has 1 aliphatic rings. The first-order valence-electron chi connectivity index (χ1n) is 12.6. The molecular weight excluding hydrogens is 450 g/mol. The van der Waals surface area contributed by atoms with Gasteiger partial charge >= 0.3 is 6.09 Å². The van der Waals surface area contributed by atoms with Gasteiger partial charge in [-0.05, 0) is 36.1 Å². The number of anilines is 1. The number of fused-ring (bicyclic) bond motifs is 1. The highest BCUT2D eigenvalue weighted by atomic mass is 16.6. The number of aromatic nitrogens is 2. The summed E-state index contributed by atoms with van der Waals surface area (Å²) in [6.45, 7) is 3.93.